The summed E-state index contributed by atoms with van der Waals surface area (Å²) in [6.07, 6.45) is -0.566. The number of nitrogens with zero attached hydrogens (tertiary/aromatic N) is 1. The molecule has 8 nitrogen and oxygen atoms in total. The van der Waals surface area contributed by atoms with E-state index >= 15 is 0 Å². The van der Waals surface area contributed by atoms with Gasteiger partial charge in [0.05, 0.1) is 29.1 Å². The SMILES string of the molecule is COC(=O)C1=C(C)NC(C)=C(C(=O)OC(C)c2ccccc2)C1c1ccccc1[N+](=O)[O-]. The zero-order chi connectivity index (χ0) is 23.4. The maximum Gasteiger partial charge on any atom is 0.337 e. The number of carbonyl (C=O) groups is 2. The van der Waals surface area contributed by atoms with Crippen molar-refractivity contribution in [2.75, 3.05) is 7.11 Å². The van der Waals surface area contributed by atoms with Crippen molar-refractivity contribution in [3.05, 3.63) is 98.4 Å². The van der Waals surface area contributed by atoms with Gasteiger partial charge in [-0.25, -0.2) is 9.59 Å². The Morgan fingerprint density at radius 2 is 1.53 bits per heavy atom. The summed E-state index contributed by atoms with van der Waals surface area (Å²) in [5.74, 6) is -2.39. The van der Waals surface area contributed by atoms with Gasteiger partial charge in [-0.15, -0.1) is 0 Å². The molecule has 2 aromatic carbocycles. The Labute approximate surface area is 185 Å². The van der Waals surface area contributed by atoms with E-state index in [0.717, 1.165) is 5.56 Å². The lowest BCUT2D eigenvalue weighted by Gasteiger charge is -2.30. The molecular weight excluding hydrogens is 412 g/mol. The number of nitrogens with one attached hydrogen (secondary N) is 1. The number of benzene rings is 2. The Morgan fingerprint density at radius 3 is 2.12 bits per heavy atom. The van der Waals surface area contributed by atoms with Crippen LogP contribution in [0, 0.1) is 10.1 Å². The summed E-state index contributed by atoms with van der Waals surface area (Å²) < 4.78 is 10.7. The first kappa shape index (κ1) is 22.7. The molecule has 0 aliphatic carbocycles. The minimum atomic E-state index is -1.03. The number of nitro benzene ring substituents is 1. The van der Waals surface area contributed by atoms with Crippen molar-refractivity contribution in [1.29, 1.82) is 0 Å². The zero-order valence-corrected chi connectivity index (χ0v) is 18.2. The fourth-order valence-electron chi connectivity index (χ4n) is 3.87. The van der Waals surface area contributed by atoms with E-state index in [4.69, 9.17) is 9.47 Å². The van der Waals surface area contributed by atoms with Gasteiger partial charge in [0.2, 0.25) is 0 Å². The number of rotatable bonds is 6. The molecule has 0 saturated carbocycles. The van der Waals surface area contributed by atoms with Gasteiger partial charge < -0.3 is 14.8 Å². The third-order valence-electron chi connectivity index (χ3n) is 5.38. The van der Waals surface area contributed by atoms with Crippen LogP contribution < -0.4 is 5.32 Å². The molecule has 0 fully saturated rings. The van der Waals surface area contributed by atoms with Gasteiger partial charge in [-0.1, -0.05) is 48.5 Å². The molecule has 8 heteroatoms. The molecule has 0 bridgehead atoms. The van der Waals surface area contributed by atoms with E-state index in [1.807, 2.05) is 30.3 Å². The summed E-state index contributed by atoms with van der Waals surface area (Å²) in [7, 11) is 1.22. The van der Waals surface area contributed by atoms with Crippen LogP contribution in [0.15, 0.2) is 77.1 Å². The van der Waals surface area contributed by atoms with Crippen molar-refractivity contribution in [1.82, 2.24) is 5.32 Å². The highest BCUT2D eigenvalue weighted by atomic mass is 16.6. The normalized spacial score (nSPS) is 16.8. The summed E-state index contributed by atoms with van der Waals surface area (Å²) in [5, 5.41) is 14.8. The van der Waals surface area contributed by atoms with E-state index < -0.39 is 28.9 Å². The van der Waals surface area contributed by atoms with Crippen LogP contribution in [-0.2, 0) is 19.1 Å². The van der Waals surface area contributed by atoms with E-state index in [2.05, 4.69) is 5.32 Å². The van der Waals surface area contributed by atoms with Crippen molar-refractivity contribution in [2.45, 2.75) is 32.8 Å². The monoisotopic (exact) mass is 436 g/mol. The summed E-state index contributed by atoms with van der Waals surface area (Å²) in [6, 6.07) is 15.2. The lowest BCUT2D eigenvalue weighted by Crippen LogP contribution is -2.32. The van der Waals surface area contributed by atoms with Crippen molar-refractivity contribution in [3.8, 4) is 0 Å². The molecule has 2 unspecified atom stereocenters. The molecule has 166 valence electrons. The van der Waals surface area contributed by atoms with Crippen molar-refractivity contribution >= 4 is 17.6 Å². The standard InChI is InChI=1S/C24H24N2O6/c1-14-20(23(27)31-4)22(18-12-8-9-13-19(18)26(29)30)21(15(2)25-14)24(28)32-16(3)17-10-6-5-7-11-17/h5-13,16,22,25H,1-4H3. The van der Waals surface area contributed by atoms with Crippen LogP contribution in [0.25, 0.3) is 0 Å². The van der Waals surface area contributed by atoms with Gasteiger partial charge in [0.15, 0.2) is 0 Å². The Hall–Kier alpha value is -3.94. The molecule has 1 heterocycles. The minimum absolute atomic E-state index is 0.117. The van der Waals surface area contributed by atoms with Crippen molar-refractivity contribution in [3.63, 3.8) is 0 Å². The topological polar surface area (TPSA) is 108 Å². The van der Waals surface area contributed by atoms with Crippen molar-refractivity contribution < 1.29 is 24.0 Å². The van der Waals surface area contributed by atoms with Crippen LogP contribution in [0.1, 0.15) is 43.9 Å². The maximum absolute atomic E-state index is 13.4. The van der Waals surface area contributed by atoms with Crippen LogP contribution >= 0.6 is 0 Å². The van der Waals surface area contributed by atoms with E-state index in [1.165, 1.54) is 25.3 Å². The molecule has 1 N–H and O–H groups in total. The Kier molecular flexibility index (Phi) is 6.73. The number of hydrogen-bond acceptors (Lipinski definition) is 7. The number of nitro groups is 1. The molecule has 2 atom stereocenters. The van der Waals surface area contributed by atoms with Gasteiger partial charge in [0, 0.05) is 23.0 Å². The van der Waals surface area contributed by atoms with Gasteiger partial charge in [-0.05, 0) is 26.3 Å². The fraction of sp³-hybridized carbons (Fsp3) is 0.250. The number of esters is 2. The number of allylic oxidation sites excluding steroid dienone is 2. The Bertz CT molecular complexity index is 1120. The van der Waals surface area contributed by atoms with Crippen molar-refractivity contribution in [2.24, 2.45) is 0 Å². The largest absolute Gasteiger partial charge is 0.466 e. The van der Waals surface area contributed by atoms with Crippen LogP contribution in [0.5, 0.6) is 0 Å². The highest BCUT2D eigenvalue weighted by Gasteiger charge is 2.41. The van der Waals surface area contributed by atoms with Crippen LogP contribution in [0.4, 0.5) is 5.69 Å². The zero-order valence-electron chi connectivity index (χ0n) is 18.2. The van der Waals surface area contributed by atoms with Gasteiger partial charge in [-0.2, -0.15) is 0 Å². The van der Waals surface area contributed by atoms with Crippen LogP contribution in [0.3, 0.4) is 0 Å². The predicted octanol–water partition coefficient (Wildman–Crippen LogP) is 4.31. The quantitative estimate of drug-likeness (QED) is 0.408. The van der Waals surface area contributed by atoms with E-state index in [-0.39, 0.29) is 22.4 Å². The van der Waals surface area contributed by atoms with Gasteiger partial charge >= 0.3 is 11.9 Å². The molecule has 0 radical (unpaired) electrons. The average molecular weight is 436 g/mol. The number of dihydropyridines is 1. The first-order chi connectivity index (χ1) is 15.3. The minimum Gasteiger partial charge on any atom is -0.466 e. The molecule has 1 aliphatic rings. The van der Waals surface area contributed by atoms with E-state index in [0.29, 0.717) is 11.4 Å². The predicted molar refractivity (Wildman–Crippen MR) is 117 cm³/mol. The van der Waals surface area contributed by atoms with Gasteiger partial charge in [0.1, 0.15) is 6.10 Å². The first-order valence-corrected chi connectivity index (χ1v) is 10.0. The molecule has 32 heavy (non-hydrogen) atoms. The van der Waals surface area contributed by atoms with Gasteiger partial charge in [0.25, 0.3) is 5.69 Å². The van der Waals surface area contributed by atoms with Gasteiger partial charge in [-0.3, -0.25) is 10.1 Å². The number of ether oxygens (including phenoxy) is 2. The lowest BCUT2D eigenvalue weighted by atomic mass is 9.79. The molecule has 0 amide bonds. The average Bonchev–Trinajstić information content (AvgIpc) is 2.78. The lowest BCUT2D eigenvalue weighted by molar-refractivity contribution is -0.385. The second-order valence-corrected chi connectivity index (χ2v) is 7.40. The smallest absolute Gasteiger partial charge is 0.337 e. The Balaban J connectivity index is 2.12. The molecular formula is C24H24N2O6. The third-order valence-corrected chi connectivity index (χ3v) is 5.38. The summed E-state index contributed by atoms with van der Waals surface area (Å²) in [5.41, 5.74) is 1.93. The molecule has 2 aromatic rings. The van der Waals surface area contributed by atoms with E-state index in [1.54, 1.807) is 26.8 Å². The second kappa shape index (κ2) is 9.47. The Morgan fingerprint density at radius 1 is 0.969 bits per heavy atom. The van der Waals surface area contributed by atoms with E-state index in [9.17, 15) is 19.7 Å². The first-order valence-electron chi connectivity index (χ1n) is 10.0. The molecule has 0 aromatic heterocycles. The molecule has 1 aliphatic heterocycles. The highest BCUT2D eigenvalue weighted by molar-refractivity contribution is 6.00. The third kappa shape index (κ3) is 4.39. The number of methoxy groups -OCH3 is 1. The number of para-hydroxylation sites is 1. The fourth-order valence-corrected chi connectivity index (χ4v) is 3.87. The summed E-state index contributed by atoms with van der Waals surface area (Å²) >= 11 is 0. The maximum atomic E-state index is 13.4. The highest BCUT2D eigenvalue weighted by Crippen LogP contribution is 2.42. The summed E-state index contributed by atoms with van der Waals surface area (Å²) in [6.45, 7) is 5.07. The molecule has 3 rings (SSSR count). The van der Waals surface area contributed by atoms with Crippen LogP contribution in [-0.4, -0.2) is 24.0 Å². The number of carbonyl (C=O) groups excluding carboxylic acids is 2. The number of hydrogen-bond donors (Lipinski definition) is 1. The summed E-state index contributed by atoms with van der Waals surface area (Å²) in [4.78, 5) is 37.3. The second-order valence-electron chi connectivity index (χ2n) is 7.40. The molecule has 0 spiro atoms. The molecule has 0 saturated heterocycles. The van der Waals surface area contributed by atoms with Crippen LogP contribution in [0.2, 0.25) is 0 Å².